The van der Waals surface area contributed by atoms with Gasteiger partial charge in [-0.15, -0.1) is 5.10 Å². The third-order valence-electron chi connectivity index (χ3n) is 4.23. The number of aromatic nitrogens is 4. The number of hydrogen-bond acceptors (Lipinski definition) is 6. The summed E-state index contributed by atoms with van der Waals surface area (Å²) in [7, 11) is 1.31. The summed E-state index contributed by atoms with van der Waals surface area (Å²) < 4.78 is 6.27. The van der Waals surface area contributed by atoms with Gasteiger partial charge in [0, 0.05) is 10.6 Å². The number of hydrogen-bond donors (Lipinski definition) is 1. The molecular formula is C19H18ClN5O3. The van der Waals surface area contributed by atoms with Gasteiger partial charge < -0.3 is 10.1 Å². The minimum atomic E-state index is -0.545. The Hall–Kier alpha value is -3.26. The first kappa shape index (κ1) is 19.5. The summed E-state index contributed by atoms with van der Waals surface area (Å²) in [5.74, 6) is -0.735. The molecule has 28 heavy (non-hydrogen) atoms. The van der Waals surface area contributed by atoms with E-state index in [2.05, 4.69) is 20.8 Å². The zero-order valence-corrected chi connectivity index (χ0v) is 16.1. The predicted octanol–water partition coefficient (Wildman–Crippen LogP) is 2.66. The molecule has 8 nitrogen and oxygen atoms in total. The molecule has 0 fully saturated rings. The lowest BCUT2D eigenvalue weighted by molar-refractivity contribution is -0.141. The summed E-state index contributed by atoms with van der Waals surface area (Å²) in [5, 5.41) is 14.5. The average Bonchev–Trinajstić information content (AvgIpc) is 3.22. The van der Waals surface area contributed by atoms with Crippen molar-refractivity contribution in [2.45, 2.75) is 19.4 Å². The quantitative estimate of drug-likeness (QED) is 0.640. The van der Waals surface area contributed by atoms with Gasteiger partial charge in [-0.25, -0.2) is 4.68 Å². The van der Waals surface area contributed by atoms with E-state index >= 15 is 0 Å². The van der Waals surface area contributed by atoms with Crippen LogP contribution in [0.15, 0.2) is 48.8 Å². The lowest BCUT2D eigenvalue weighted by Crippen LogP contribution is -2.30. The van der Waals surface area contributed by atoms with E-state index in [0.29, 0.717) is 10.6 Å². The van der Waals surface area contributed by atoms with Crippen molar-refractivity contribution in [2.75, 3.05) is 7.11 Å². The number of benzene rings is 2. The highest BCUT2D eigenvalue weighted by Gasteiger charge is 2.20. The molecule has 3 rings (SSSR count). The van der Waals surface area contributed by atoms with E-state index in [1.807, 2.05) is 6.92 Å². The standard InChI is InChI=1S/C19H18ClN5O3/c1-12-9-14(5-8-17(12)25-11-21-23-24-25)19(27)22-16(10-18(26)28-2)13-3-6-15(20)7-4-13/h3-9,11,16H,10H2,1-2H3,(H,22,27). The molecule has 1 unspecified atom stereocenters. The Morgan fingerprint density at radius 2 is 1.96 bits per heavy atom. The predicted molar refractivity (Wildman–Crippen MR) is 102 cm³/mol. The van der Waals surface area contributed by atoms with Gasteiger partial charge in [0.15, 0.2) is 0 Å². The summed E-state index contributed by atoms with van der Waals surface area (Å²) in [6.45, 7) is 1.86. The van der Waals surface area contributed by atoms with Gasteiger partial charge in [0.25, 0.3) is 5.91 Å². The van der Waals surface area contributed by atoms with E-state index in [9.17, 15) is 9.59 Å². The smallest absolute Gasteiger partial charge is 0.307 e. The number of methoxy groups -OCH3 is 1. The average molecular weight is 400 g/mol. The van der Waals surface area contributed by atoms with Gasteiger partial charge in [-0.1, -0.05) is 23.7 Å². The third kappa shape index (κ3) is 4.52. The van der Waals surface area contributed by atoms with Crippen LogP contribution in [0.4, 0.5) is 0 Å². The number of halogens is 1. The Kier molecular flexibility index (Phi) is 6.00. The second-order valence-corrected chi connectivity index (χ2v) is 6.55. The molecule has 1 amide bonds. The van der Waals surface area contributed by atoms with Crippen molar-refractivity contribution in [1.82, 2.24) is 25.5 Å². The molecule has 1 N–H and O–H groups in total. The number of aryl methyl sites for hydroxylation is 1. The Balaban J connectivity index is 1.82. The van der Waals surface area contributed by atoms with Crippen molar-refractivity contribution < 1.29 is 14.3 Å². The van der Waals surface area contributed by atoms with Crippen molar-refractivity contribution in [3.63, 3.8) is 0 Å². The minimum absolute atomic E-state index is 0.00552. The minimum Gasteiger partial charge on any atom is -0.469 e. The van der Waals surface area contributed by atoms with Crippen LogP contribution in [0.5, 0.6) is 0 Å². The van der Waals surface area contributed by atoms with E-state index in [0.717, 1.165) is 16.8 Å². The maximum Gasteiger partial charge on any atom is 0.307 e. The van der Waals surface area contributed by atoms with Gasteiger partial charge in [-0.3, -0.25) is 9.59 Å². The molecule has 3 aromatic rings. The maximum absolute atomic E-state index is 12.8. The number of nitrogens with one attached hydrogen (secondary N) is 1. The van der Waals surface area contributed by atoms with E-state index in [1.54, 1.807) is 42.5 Å². The van der Waals surface area contributed by atoms with Crippen LogP contribution in [0.1, 0.15) is 33.9 Å². The fraction of sp³-hybridized carbons (Fsp3) is 0.211. The topological polar surface area (TPSA) is 99.0 Å². The second kappa shape index (κ2) is 8.62. The Labute approximate surface area is 166 Å². The van der Waals surface area contributed by atoms with Gasteiger partial charge >= 0.3 is 5.97 Å². The number of carbonyl (C=O) groups is 2. The van der Waals surface area contributed by atoms with Crippen molar-refractivity contribution in [3.05, 3.63) is 70.5 Å². The molecule has 9 heteroatoms. The van der Waals surface area contributed by atoms with Crippen LogP contribution in [0.25, 0.3) is 5.69 Å². The van der Waals surface area contributed by atoms with Crippen LogP contribution in [0.3, 0.4) is 0 Å². The first-order chi connectivity index (χ1) is 13.5. The number of carbonyl (C=O) groups excluding carboxylic acids is 2. The molecule has 1 heterocycles. The van der Waals surface area contributed by atoms with Crippen molar-refractivity contribution >= 4 is 23.5 Å². The first-order valence-corrected chi connectivity index (χ1v) is 8.83. The van der Waals surface area contributed by atoms with Crippen molar-refractivity contribution in [2.24, 2.45) is 0 Å². The van der Waals surface area contributed by atoms with Gasteiger partial charge in [0.05, 0.1) is 25.3 Å². The van der Waals surface area contributed by atoms with Crippen LogP contribution in [-0.2, 0) is 9.53 Å². The van der Waals surface area contributed by atoms with Crippen molar-refractivity contribution in [3.8, 4) is 5.69 Å². The van der Waals surface area contributed by atoms with Crippen LogP contribution < -0.4 is 5.32 Å². The molecule has 1 aromatic heterocycles. The van der Waals surface area contributed by atoms with Gasteiger partial charge in [0.1, 0.15) is 6.33 Å². The Bertz CT molecular complexity index is 974. The highest BCUT2D eigenvalue weighted by atomic mass is 35.5. The summed E-state index contributed by atoms with van der Waals surface area (Å²) >= 11 is 5.93. The normalized spacial score (nSPS) is 11.7. The zero-order valence-electron chi connectivity index (χ0n) is 15.3. The second-order valence-electron chi connectivity index (χ2n) is 6.11. The Morgan fingerprint density at radius 3 is 2.57 bits per heavy atom. The molecule has 0 radical (unpaired) electrons. The molecule has 0 saturated heterocycles. The van der Waals surface area contributed by atoms with E-state index in [4.69, 9.17) is 16.3 Å². The fourth-order valence-corrected chi connectivity index (χ4v) is 2.89. The van der Waals surface area contributed by atoms with E-state index < -0.39 is 12.0 Å². The highest BCUT2D eigenvalue weighted by molar-refractivity contribution is 6.30. The molecular weight excluding hydrogens is 382 g/mol. The number of ether oxygens (including phenoxy) is 1. The van der Waals surface area contributed by atoms with Crippen LogP contribution in [0.2, 0.25) is 5.02 Å². The number of amides is 1. The van der Waals surface area contributed by atoms with Gasteiger partial charge in [-0.2, -0.15) is 0 Å². The molecule has 0 aliphatic heterocycles. The van der Waals surface area contributed by atoms with Gasteiger partial charge in [-0.05, 0) is 58.8 Å². The molecule has 1 atom stereocenters. The van der Waals surface area contributed by atoms with Crippen LogP contribution in [-0.4, -0.2) is 39.2 Å². The van der Waals surface area contributed by atoms with Crippen LogP contribution >= 0.6 is 11.6 Å². The number of rotatable bonds is 6. The first-order valence-electron chi connectivity index (χ1n) is 8.45. The third-order valence-corrected chi connectivity index (χ3v) is 4.48. The lowest BCUT2D eigenvalue weighted by Gasteiger charge is -2.19. The zero-order chi connectivity index (χ0) is 20.1. The lowest BCUT2D eigenvalue weighted by atomic mass is 10.0. The number of esters is 1. The Morgan fingerprint density at radius 1 is 1.21 bits per heavy atom. The highest BCUT2D eigenvalue weighted by Crippen LogP contribution is 2.21. The monoisotopic (exact) mass is 399 g/mol. The largest absolute Gasteiger partial charge is 0.469 e. The summed E-state index contributed by atoms with van der Waals surface area (Å²) in [6.07, 6.45) is 1.49. The molecule has 0 spiro atoms. The fourth-order valence-electron chi connectivity index (χ4n) is 2.76. The van der Waals surface area contributed by atoms with Gasteiger partial charge in [0.2, 0.25) is 0 Å². The molecule has 2 aromatic carbocycles. The maximum atomic E-state index is 12.8. The molecule has 144 valence electrons. The summed E-state index contributed by atoms with van der Waals surface area (Å²) in [6, 6.07) is 11.6. The molecule has 0 aliphatic rings. The van der Waals surface area contributed by atoms with E-state index in [1.165, 1.54) is 18.1 Å². The van der Waals surface area contributed by atoms with E-state index in [-0.39, 0.29) is 12.3 Å². The molecule has 0 saturated carbocycles. The number of tetrazole rings is 1. The SMILES string of the molecule is COC(=O)CC(NC(=O)c1ccc(-n2cnnn2)c(C)c1)c1ccc(Cl)cc1. The van der Waals surface area contributed by atoms with Crippen molar-refractivity contribution in [1.29, 1.82) is 0 Å². The summed E-state index contributed by atoms with van der Waals surface area (Å²) in [4.78, 5) is 24.6. The molecule has 0 aliphatic carbocycles. The number of nitrogens with zero attached hydrogens (tertiary/aromatic N) is 4. The molecule has 0 bridgehead atoms. The summed E-state index contributed by atoms with van der Waals surface area (Å²) in [5.41, 5.74) is 2.81. The van der Waals surface area contributed by atoms with Crippen LogP contribution in [0, 0.1) is 6.92 Å².